The lowest BCUT2D eigenvalue weighted by Gasteiger charge is -2.31. The molecule has 5 nitrogen and oxygen atoms in total. The van der Waals surface area contributed by atoms with E-state index in [4.69, 9.17) is 5.11 Å². The number of carboxylic acids is 1. The van der Waals surface area contributed by atoms with Gasteiger partial charge in [-0.1, -0.05) is 30.3 Å². The topological polar surface area (TPSA) is 74.2 Å². The summed E-state index contributed by atoms with van der Waals surface area (Å²) in [4.78, 5) is 14.9. The van der Waals surface area contributed by atoms with Crippen LogP contribution in [-0.2, 0) is 10.3 Å². The molecule has 3 rings (SSSR count). The SMILES string of the molecule is O=C(O)/C=C/c1ccc(N[C@@]2(c3ccccc3)CCNC2)nc1. The number of nitrogens with zero attached hydrogens (tertiary/aromatic N) is 1. The molecule has 0 radical (unpaired) electrons. The molecular formula is C18H19N3O2. The highest BCUT2D eigenvalue weighted by molar-refractivity contribution is 5.85. The summed E-state index contributed by atoms with van der Waals surface area (Å²) >= 11 is 0. The van der Waals surface area contributed by atoms with Crippen LogP contribution in [-0.4, -0.2) is 29.1 Å². The number of rotatable bonds is 5. The van der Waals surface area contributed by atoms with Crippen molar-refractivity contribution in [3.8, 4) is 0 Å². The van der Waals surface area contributed by atoms with Crippen LogP contribution in [0.15, 0.2) is 54.7 Å². The van der Waals surface area contributed by atoms with Crippen LogP contribution in [0.3, 0.4) is 0 Å². The number of nitrogens with one attached hydrogen (secondary N) is 2. The molecule has 0 spiro atoms. The zero-order chi connectivity index (χ0) is 16.1. The number of benzene rings is 1. The number of hydrogen-bond acceptors (Lipinski definition) is 4. The molecule has 3 N–H and O–H groups in total. The zero-order valence-corrected chi connectivity index (χ0v) is 12.7. The van der Waals surface area contributed by atoms with Gasteiger partial charge in [0, 0.05) is 18.8 Å². The minimum atomic E-state index is -0.965. The van der Waals surface area contributed by atoms with Gasteiger partial charge >= 0.3 is 5.97 Å². The maximum absolute atomic E-state index is 10.5. The van der Waals surface area contributed by atoms with Crippen molar-refractivity contribution in [2.75, 3.05) is 18.4 Å². The lowest BCUT2D eigenvalue weighted by atomic mass is 9.89. The minimum Gasteiger partial charge on any atom is -0.478 e. The number of aliphatic carboxylic acids is 1. The molecule has 0 unspecified atom stereocenters. The summed E-state index contributed by atoms with van der Waals surface area (Å²) in [5, 5.41) is 15.6. The van der Waals surface area contributed by atoms with Crippen molar-refractivity contribution in [1.29, 1.82) is 0 Å². The van der Waals surface area contributed by atoms with Gasteiger partial charge in [0.15, 0.2) is 0 Å². The smallest absolute Gasteiger partial charge is 0.328 e. The van der Waals surface area contributed by atoms with Crippen molar-refractivity contribution in [1.82, 2.24) is 10.3 Å². The van der Waals surface area contributed by atoms with Crippen LogP contribution in [0.4, 0.5) is 5.82 Å². The monoisotopic (exact) mass is 309 g/mol. The number of carbonyl (C=O) groups is 1. The summed E-state index contributed by atoms with van der Waals surface area (Å²) in [6, 6.07) is 14.1. The van der Waals surface area contributed by atoms with Crippen molar-refractivity contribution in [2.45, 2.75) is 12.0 Å². The van der Waals surface area contributed by atoms with Crippen molar-refractivity contribution in [3.05, 3.63) is 65.9 Å². The number of pyridine rings is 1. The average molecular weight is 309 g/mol. The highest BCUT2D eigenvalue weighted by Crippen LogP contribution is 2.31. The average Bonchev–Trinajstić information content (AvgIpc) is 3.05. The van der Waals surface area contributed by atoms with Crippen LogP contribution in [0.2, 0.25) is 0 Å². The molecular weight excluding hydrogens is 290 g/mol. The molecule has 1 aromatic heterocycles. The Bertz CT molecular complexity index is 690. The minimum absolute atomic E-state index is 0.160. The van der Waals surface area contributed by atoms with Crippen LogP contribution in [0.5, 0.6) is 0 Å². The third-order valence-electron chi connectivity index (χ3n) is 4.05. The van der Waals surface area contributed by atoms with E-state index < -0.39 is 5.97 Å². The Labute approximate surface area is 135 Å². The van der Waals surface area contributed by atoms with Gasteiger partial charge in [-0.2, -0.15) is 0 Å². The predicted octanol–water partition coefficient (Wildman–Crippen LogP) is 2.48. The number of aromatic nitrogens is 1. The fraction of sp³-hybridized carbons (Fsp3) is 0.222. The van der Waals surface area contributed by atoms with Gasteiger partial charge in [0.1, 0.15) is 5.82 Å². The molecule has 0 aliphatic carbocycles. The second-order valence-electron chi connectivity index (χ2n) is 5.65. The summed E-state index contributed by atoms with van der Waals surface area (Å²) in [6.07, 6.45) is 5.29. The lowest BCUT2D eigenvalue weighted by molar-refractivity contribution is -0.131. The molecule has 23 heavy (non-hydrogen) atoms. The van der Waals surface area contributed by atoms with Crippen LogP contribution in [0.1, 0.15) is 17.5 Å². The molecule has 2 heterocycles. The predicted molar refractivity (Wildman–Crippen MR) is 90.1 cm³/mol. The van der Waals surface area contributed by atoms with Gasteiger partial charge < -0.3 is 15.7 Å². The molecule has 5 heteroatoms. The Hall–Kier alpha value is -2.66. The second kappa shape index (κ2) is 6.62. The van der Waals surface area contributed by atoms with Gasteiger partial charge in [0.05, 0.1) is 5.54 Å². The van der Waals surface area contributed by atoms with Gasteiger partial charge in [0.2, 0.25) is 0 Å². The Balaban J connectivity index is 1.80. The summed E-state index contributed by atoms with van der Waals surface area (Å²) in [5.74, 6) is -0.183. The number of carboxylic acid groups (broad SMARTS) is 1. The van der Waals surface area contributed by atoms with E-state index in [1.54, 1.807) is 6.20 Å². The first kappa shape index (κ1) is 15.2. The van der Waals surface area contributed by atoms with Crippen molar-refractivity contribution in [3.63, 3.8) is 0 Å². The molecule has 1 aliphatic heterocycles. The second-order valence-corrected chi connectivity index (χ2v) is 5.65. The van der Waals surface area contributed by atoms with Gasteiger partial charge in [-0.15, -0.1) is 0 Å². The van der Waals surface area contributed by atoms with Crippen molar-refractivity contribution >= 4 is 17.9 Å². The van der Waals surface area contributed by atoms with E-state index in [9.17, 15) is 4.79 Å². The van der Waals surface area contributed by atoms with E-state index >= 15 is 0 Å². The van der Waals surface area contributed by atoms with E-state index in [2.05, 4.69) is 27.8 Å². The zero-order valence-electron chi connectivity index (χ0n) is 12.7. The third-order valence-corrected chi connectivity index (χ3v) is 4.05. The van der Waals surface area contributed by atoms with Crippen molar-refractivity contribution < 1.29 is 9.90 Å². The van der Waals surface area contributed by atoms with Crippen LogP contribution in [0.25, 0.3) is 6.08 Å². The van der Waals surface area contributed by atoms with Gasteiger partial charge in [-0.25, -0.2) is 9.78 Å². The van der Waals surface area contributed by atoms with Crippen molar-refractivity contribution in [2.24, 2.45) is 0 Å². The summed E-state index contributed by atoms with van der Waals surface area (Å²) in [6.45, 7) is 1.81. The summed E-state index contributed by atoms with van der Waals surface area (Å²) in [5.41, 5.74) is 1.84. The van der Waals surface area contributed by atoms with E-state index in [1.807, 2.05) is 30.3 Å². The number of hydrogen-bond donors (Lipinski definition) is 3. The maximum atomic E-state index is 10.5. The summed E-state index contributed by atoms with van der Waals surface area (Å²) < 4.78 is 0. The molecule has 1 aromatic carbocycles. The first-order valence-corrected chi connectivity index (χ1v) is 7.59. The van der Waals surface area contributed by atoms with Gasteiger partial charge in [-0.3, -0.25) is 0 Å². The highest BCUT2D eigenvalue weighted by Gasteiger charge is 2.35. The quantitative estimate of drug-likeness (QED) is 0.740. The standard InChI is InChI=1S/C18H19N3O2/c22-17(23)9-7-14-6-8-16(20-12-14)21-18(10-11-19-13-18)15-4-2-1-3-5-15/h1-9,12,19H,10-11,13H2,(H,20,21)(H,22,23)/b9-7+/t18-/m0/s1. The van der Waals surface area contributed by atoms with E-state index in [0.29, 0.717) is 0 Å². The largest absolute Gasteiger partial charge is 0.478 e. The van der Waals surface area contributed by atoms with Crippen LogP contribution < -0.4 is 10.6 Å². The summed E-state index contributed by atoms with van der Waals surface area (Å²) in [7, 11) is 0. The van der Waals surface area contributed by atoms with Gasteiger partial charge in [0.25, 0.3) is 0 Å². The Morgan fingerprint density at radius 1 is 1.26 bits per heavy atom. The molecule has 0 saturated carbocycles. The molecule has 0 bridgehead atoms. The molecule has 1 fully saturated rings. The Kier molecular flexibility index (Phi) is 4.39. The highest BCUT2D eigenvalue weighted by atomic mass is 16.4. The van der Waals surface area contributed by atoms with Crippen LogP contribution in [0, 0.1) is 0 Å². The fourth-order valence-electron chi connectivity index (χ4n) is 2.86. The molecule has 0 amide bonds. The van der Waals surface area contributed by atoms with E-state index in [1.165, 1.54) is 11.6 Å². The van der Waals surface area contributed by atoms with E-state index in [0.717, 1.165) is 37.0 Å². The first-order chi connectivity index (χ1) is 11.2. The molecule has 118 valence electrons. The Morgan fingerprint density at radius 2 is 2.09 bits per heavy atom. The molecule has 1 saturated heterocycles. The molecule has 1 atom stereocenters. The van der Waals surface area contributed by atoms with Gasteiger partial charge in [-0.05, 0) is 42.3 Å². The maximum Gasteiger partial charge on any atom is 0.328 e. The normalized spacial score (nSPS) is 20.7. The van der Waals surface area contributed by atoms with Crippen LogP contribution >= 0.6 is 0 Å². The third kappa shape index (κ3) is 3.57. The lowest BCUT2D eigenvalue weighted by Crippen LogP contribution is -2.37. The first-order valence-electron chi connectivity index (χ1n) is 7.59. The molecule has 1 aliphatic rings. The molecule has 2 aromatic rings. The van der Waals surface area contributed by atoms with E-state index in [-0.39, 0.29) is 5.54 Å². The fourth-order valence-corrected chi connectivity index (χ4v) is 2.86. The Morgan fingerprint density at radius 3 is 2.70 bits per heavy atom. The number of anilines is 1.